The van der Waals surface area contributed by atoms with E-state index in [9.17, 15) is 4.39 Å². The van der Waals surface area contributed by atoms with Crippen molar-refractivity contribution in [2.45, 2.75) is 19.3 Å². The summed E-state index contributed by atoms with van der Waals surface area (Å²) in [7, 11) is 0. The van der Waals surface area contributed by atoms with E-state index in [0.29, 0.717) is 0 Å². The predicted molar refractivity (Wildman–Crippen MR) is 40.6 cm³/mol. The molecule has 0 atom stereocenters. The minimum Gasteiger partial charge on any atom is -0.225 e. The SMILES string of the molecule is Fc1cccc(CC2CC2)n1. The van der Waals surface area contributed by atoms with Gasteiger partial charge < -0.3 is 0 Å². The molecule has 0 aliphatic heterocycles. The third kappa shape index (κ3) is 1.76. The van der Waals surface area contributed by atoms with Crippen LogP contribution in [0.4, 0.5) is 4.39 Å². The first kappa shape index (κ1) is 6.77. The van der Waals surface area contributed by atoms with Crippen molar-refractivity contribution in [3.63, 3.8) is 0 Å². The molecule has 0 N–H and O–H groups in total. The number of nitrogens with zero attached hydrogens (tertiary/aromatic N) is 1. The summed E-state index contributed by atoms with van der Waals surface area (Å²) in [4.78, 5) is 3.79. The van der Waals surface area contributed by atoms with Crippen LogP contribution in [0.2, 0.25) is 0 Å². The topological polar surface area (TPSA) is 12.9 Å². The number of halogens is 1. The largest absolute Gasteiger partial charge is 0.225 e. The van der Waals surface area contributed by atoms with Gasteiger partial charge in [-0.05, 0) is 37.3 Å². The maximum Gasteiger partial charge on any atom is 0.213 e. The maximum absolute atomic E-state index is 12.5. The van der Waals surface area contributed by atoms with E-state index in [1.807, 2.05) is 6.07 Å². The Bertz CT molecular complexity index is 255. The van der Waals surface area contributed by atoms with Gasteiger partial charge in [0.15, 0.2) is 0 Å². The van der Waals surface area contributed by atoms with E-state index in [-0.39, 0.29) is 5.95 Å². The lowest BCUT2D eigenvalue weighted by Gasteiger charge is -1.96. The van der Waals surface area contributed by atoms with Crippen molar-refractivity contribution >= 4 is 0 Å². The molecule has 1 aromatic rings. The van der Waals surface area contributed by atoms with Crippen LogP contribution in [0.1, 0.15) is 18.5 Å². The zero-order chi connectivity index (χ0) is 7.68. The second-order valence-electron chi connectivity index (χ2n) is 3.10. The van der Waals surface area contributed by atoms with Gasteiger partial charge in [-0.15, -0.1) is 0 Å². The van der Waals surface area contributed by atoms with Crippen LogP contribution in [-0.4, -0.2) is 4.98 Å². The fraction of sp³-hybridized carbons (Fsp3) is 0.444. The molecule has 2 rings (SSSR count). The monoisotopic (exact) mass is 151 g/mol. The summed E-state index contributed by atoms with van der Waals surface area (Å²) in [5.74, 6) is 0.424. The molecule has 58 valence electrons. The van der Waals surface area contributed by atoms with Gasteiger partial charge in [-0.25, -0.2) is 4.98 Å². The highest BCUT2D eigenvalue weighted by molar-refractivity contribution is 5.06. The molecule has 1 nitrogen and oxygen atoms in total. The second-order valence-corrected chi connectivity index (χ2v) is 3.10. The van der Waals surface area contributed by atoms with E-state index in [0.717, 1.165) is 18.0 Å². The highest BCUT2D eigenvalue weighted by Gasteiger charge is 2.21. The van der Waals surface area contributed by atoms with E-state index in [1.54, 1.807) is 6.07 Å². The fourth-order valence-corrected chi connectivity index (χ4v) is 1.18. The Morgan fingerprint density at radius 3 is 2.91 bits per heavy atom. The fourth-order valence-electron chi connectivity index (χ4n) is 1.18. The quantitative estimate of drug-likeness (QED) is 0.590. The number of hydrogen-bond donors (Lipinski definition) is 0. The highest BCUT2D eigenvalue weighted by Crippen LogP contribution is 2.31. The Hall–Kier alpha value is -0.920. The van der Waals surface area contributed by atoms with Crippen LogP contribution in [0.15, 0.2) is 18.2 Å². The van der Waals surface area contributed by atoms with Gasteiger partial charge >= 0.3 is 0 Å². The minimum atomic E-state index is -0.358. The molecule has 1 fully saturated rings. The number of pyridine rings is 1. The molecule has 0 bridgehead atoms. The summed E-state index contributed by atoms with van der Waals surface area (Å²) in [6, 6.07) is 5.00. The molecule has 0 aromatic carbocycles. The molecule has 1 saturated carbocycles. The molecule has 2 heteroatoms. The standard InChI is InChI=1S/C9H10FN/c10-9-3-1-2-8(11-9)6-7-4-5-7/h1-3,7H,4-6H2. The van der Waals surface area contributed by atoms with Crippen molar-refractivity contribution < 1.29 is 4.39 Å². The molecule has 0 unspecified atom stereocenters. The van der Waals surface area contributed by atoms with Gasteiger partial charge in [-0.3, -0.25) is 0 Å². The maximum atomic E-state index is 12.5. The lowest BCUT2D eigenvalue weighted by Crippen LogP contribution is -1.93. The molecular weight excluding hydrogens is 141 g/mol. The van der Waals surface area contributed by atoms with E-state index >= 15 is 0 Å². The average Bonchev–Trinajstić information content (AvgIpc) is 2.71. The van der Waals surface area contributed by atoms with Crippen molar-refractivity contribution in [3.8, 4) is 0 Å². The van der Waals surface area contributed by atoms with Crippen molar-refractivity contribution in [1.29, 1.82) is 0 Å². The van der Waals surface area contributed by atoms with Gasteiger partial charge in [-0.2, -0.15) is 4.39 Å². The Kier molecular flexibility index (Phi) is 1.60. The molecule has 1 heterocycles. The Morgan fingerprint density at radius 1 is 1.45 bits per heavy atom. The molecule has 1 aromatic heterocycles. The summed E-state index contributed by atoms with van der Waals surface area (Å²) in [6.07, 6.45) is 3.54. The van der Waals surface area contributed by atoms with Gasteiger partial charge in [0.1, 0.15) is 0 Å². The first-order chi connectivity index (χ1) is 5.34. The zero-order valence-corrected chi connectivity index (χ0v) is 6.26. The minimum absolute atomic E-state index is 0.358. The van der Waals surface area contributed by atoms with Gasteiger partial charge in [0.05, 0.1) is 0 Å². The van der Waals surface area contributed by atoms with E-state index in [4.69, 9.17) is 0 Å². The van der Waals surface area contributed by atoms with E-state index < -0.39 is 0 Å². The summed E-state index contributed by atoms with van der Waals surface area (Å²) in [6.45, 7) is 0. The molecule has 0 amide bonds. The first-order valence-electron chi connectivity index (χ1n) is 3.96. The van der Waals surface area contributed by atoms with Crippen LogP contribution in [0.25, 0.3) is 0 Å². The van der Waals surface area contributed by atoms with Crippen molar-refractivity contribution in [2.75, 3.05) is 0 Å². The molecule has 0 saturated heterocycles. The third-order valence-electron chi connectivity index (χ3n) is 1.97. The number of aromatic nitrogens is 1. The summed E-state index contributed by atoms with van der Waals surface area (Å²) < 4.78 is 12.5. The van der Waals surface area contributed by atoms with Gasteiger partial charge in [0, 0.05) is 5.69 Å². The van der Waals surface area contributed by atoms with Gasteiger partial charge in [0.2, 0.25) is 5.95 Å². The molecule has 0 spiro atoms. The predicted octanol–water partition coefficient (Wildman–Crippen LogP) is 2.17. The molecule has 1 aliphatic rings. The van der Waals surface area contributed by atoms with Crippen LogP contribution in [0.5, 0.6) is 0 Å². The van der Waals surface area contributed by atoms with Crippen molar-refractivity contribution in [2.24, 2.45) is 5.92 Å². The summed E-state index contributed by atoms with van der Waals surface area (Å²) >= 11 is 0. The summed E-state index contributed by atoms with van der Waals surface area (Å²) in [5.41, 5.74) is 0.896. The van der Waals surface area contributed by atoms with Crippen LogP contribution in [0, 0.1) is 11.9 Å². The second kappa shape index (κ2) is 2.61. The Labute approximate surface area is 65.3 Å². The third-order valence-corrected chi connectivity index (χ3v) is 1.97. The Balaban J connectivity index is 2.10. The van der Waals surface area contributed by atoms with Crippen molar-refractivity contribution in [1.82, 2.24) is 4.98 Å². The highest BCUT2D eigenvalue weighted by atomic mass is 19.1. The molecule has 11 heavy (non-hydrogen) atoms. The van der Waals surface area contributed by atoms with Gasteiger partial charge in [0.25, 0.3) is 0 Å². The zero-order valence-electron chi connectivity index (χ0n) is 6.26. The first-order valence-corrected chi connectivity index (χ1v) is 3.96. The molecule has 0 radical (unpaired) electrons. The van der Waals surface area contributed by atoms with E-state index in [1.165, 1.54) is 18.9 Å². The van der Waals surface area contributed by atoms with Crippen LogP contribution >= 0.6 is 0 Å². The number of rotatable bonds is 2. The van der Waals surface area contributed by atoms with E-state index in [2.05, 4.69) is 4.98 Å². The lowest BCUT2D eigenvalue weighted by molar-refractivity contribution is 0.573. The molecular formula is C9H10FN. The summed E-state index contributed by atoms with van der Waals surface area (Å²) in [5, 5.41) is 0. The molecule has 1 aliphatic carbocycles. The smallest absolute Gasteiger partial charge is 0.213 e. The van der Waals surface area contributed by atoms with Gasteiger partial charge in [-0.1, -0.05) is 6.07 Å². The van der Waals surface area contributed by atoms with Crippen LogP contribution in [0.3, 0.4) is 0 Å². The average molecular weight is 151 g/mol. The van der Waals surface area contributed by atoms with Crippen molar-refractivity contribution in [3.05, 3.63) is 29.8 Å². The Morgan fingerprint density at radius 2 is 2.27 bits per heavy atom. The normalized spacial score (nSPS) is 16.8. The van der Waals surface area contributed by atoms with Crippen LogP contribution < -0.4 is 0 Å². The lowest BCUT2D eigenvalue weighted by atomic mass is 10.2. The number of hydrogen-bond acceptors (Lipinski definition) is 1. The van der Waals surface area contributed by atoms with Crippen LogP contribution in [-0.2, 0) is 6.42 Å².